The minimum Gasteiger partial charge on any atom is -0.465 e. The molecule has 0 aliphatic carbocycles. The summed E-state index contributed by atoms with van der Waals surface area (Å²) in [6, 6.07) is 15.8. The van der Waals surface area contributed by atoms with E-state index in [2.05, 4.69) is 5.32 Å². The van der Waals surface area contributed by atoms with Gasteiger partial charge in [-0.1, -0.05) is 30.3 Å². The normalized spacial score (nSPS) is 14.4. The Kier molecular flexibility index (Phi) is 7.59. The molecule has 30 heavy (non-hydrogen) atoms. The number of carbonyl (C=O) groups excluding carboxylic acids is 2. The number of esters is 1. The SMILES string of the molecule is O=C(CCC(=O)OCCc1ccccc1)Nc1ccc(S(=O)(=O)N2CCCC2)cc1. The number of hydrogen-bond donors (Lipinski definition) is 1. The zero-order valence-corrected chi connectivity index (χ0v) is 17.6. The Morgan fingerprint density at radius 1 is 0.933 bits per heavy atom. The maximum atomic E-state index is 12.5. The molecule has 3 rings (SSSR count). The third kappa shape index (κ3) is 6.14. The summed E-state index contributed by atoms with van der Waals surface area (Å²) >= 11 is 0. The number of anilines is 1. The van der Waals surface area contributed by atoms with E-state index in [9.17, 15) is 18.0 Å². The van der Waals surface area contributed by atoms with Gasteiger partial charge >= 0.3 is 5.97 Å². The van der Waals surface area contributed by atoms with Gasteiger partial charge in [0.1, 0.15) is 0 Å². The van der Waals surface area contributed by atoms with E-state index in [1.165, 1.54) is 16.4 Å². The fourth-order valence-electron chi connectivity index (χ4n) is 3.23. The Hall–Kier alpha value is -2.71. The molecule has 1 saturated heterocycles. The van der Waals surface area contributed by atoms with E-state index in [0.717, 1.165) is 18.4 Å². The fourth-order valence-corrected chi connectivity index (χ4v) is 4.74. The summed E-state index contributed by atoms with van der Waals surface area (Å²) in [7, 11) is -3.47. The van der Waals surface area contributed by atoms with Gasteiger partial charge in [-0.15, -0.1) is 0 Å². The van der Waals surface area contributed by atoms with E-state index in [4.69, 9.17) is 4.74 Å². The first-order valence-electron chi connectivity index (χ1n) is 10.0. The molecular weight excluding hydrogens is 404 g/mol. The van der Waals surface area contributed by atoms with Crippen molar-refractivity contribution in [3.05, 3.63) is 60.2 Å². The summed E-state index contributed by atoms with van der Waals surface area (Å²) in [6.07, 6.45) is 2.37. The lowest BCUT2D eigenvalue weighted by molar-refractivity contribution is -0.144. The number of sulfonamides is 1. The van der Waals surface area contributed by atoms with Gasteiger partial charge in [0.2, 0.25) is 15.9 Å². The van der Waals surface area contributed by atoms with Gasteiger partial charge in [-0.3, -0.25) is 9.59 Å². The van der Waals surface area contributed by atoms with Gasteiger partial charge in [0, 0.05) is 31.6 Å². The number of nitrogens with zero attached hydrogens (tertiary/aromatic N) is 1. The molecule has 0 radical (unpaired) electrons. The molecule has 0 aromatic heterocycles. The maximum absolute atomic E-state index is 12.5. The lowest BCUT2D eigenvalue weighted by Crippen LogP contribution is -2.27. The lowest BCUT2D eigenvalue weighted by atomic mass is 10.2. The van der Waals surface area contributed by atoms with Crippen LogP contribution in [0.1, 0.15) is 31.2 Å². The number of ether oxygens (including phenoxy) is 1. The van der Waals surface area contributed by atoms with Crippen molar-refractivity contribution in [1.82, 2.24) is 4.31 Å². The molecule has 1 fully saturated rings. The van der Waals surface area contributed by atoms with E-state index in [-0.39, 0.29) is 30.3 Å². The highest BCUT2D eigenvalue weighted by Gasteiger charge is 2.26. The van der Waals surface area contributed by atoms with E-state index < -0.39 is 16.0 Å². The smallest absolute Gasteiger partial charge is 0.306 e. The Morgan fingerprint density at radius 3 is 2.27 bits per heavy atom. The van der Waals surface area contributed by atoms with Gasteiger partial charge in [-0.25, -0.2) is 8.42 Å². The molecule has 0 unspecified atom stereocenters. The number of carbonyl (C=O) groups is 2. The lowest BCUT2D eigenvalue weighted by Gasteiger charge is -2.15. The Balaban J connectivity index is 1.40. The second-order valence-electron chi connectivity index (χ2n) is 7.14. The van der Waals surface area contributed by atoms with Crippen LogP contribution in [-0.4, -0.2) is 44.3 Å². The van der Waals surface area contributed by atoms with Crippen LogP contribution in [-0.2, 0) is 30.8 Å². The molecule has 0 bridgehead atoms. The van der Waals surface area contributed by atoms with Crippen LogP contribution in [0.5, 0.6) is 0 Å². The first kappa shape index (κ1) is 22.0. The molecule has 1 aliphatic rings. The number of benzene rings is 2. The van der Waals surface area contributed by atoms with Crippen molar-refractivity contribution in [2.75, 3.05) is 25.0 Å². The highest BCUT2D eigenvalue weighted by Crippen LogP contribution is 2.22. The molecule has 1 N–H and O–H groups in total. The van der Waals surface area contributed by atoms with E-state index in [1.54, 1.807) is 12.1 Å². The predicted molar refractivity (Wildman–Crippen MR) is 113 cm³/mol. The summed E-state index contributed by atoms with van der Waals surface area (Å²) in [4.78, 5) is 24.1. The van der Waals surface area contributed by atoms with E-state index >= 15 is 0 Å². The summed E-state index contributed by atoms with van der Waals surface area (Å²) < 4.78 is 31.7. The topological polar surface area (TPSA) is 92.8 Å². The molecule has 8 heteroatoms. The summed E-state index contributed by atoms with van der Waals surface area (Å²) in [6.45, 7) is 1.36. The Bertz CT molecular complexity index is 953. The zero-order chi connectivity index (χ0) is 21.4. The summed E-state index contributed by atoms with van der Waals surface area (Å²) in [5.41, 5.74) is 1.57. The highest BCUT2D eigenvalue weighted by atomic mass is 32.2. The predicted octanol–water partition coefficient (Wildman–Crippen LogP) is 2.98. The molecule has 7 nitrogen and oxygen atoms in total. The average Bonchev–Trinajstić information content (AvgIpc) is 3.29. The molecular formula is C22H26N2O5S. The zero-order valence-electron chi connectivity index (χ0n) is 16.7. The first-order chi connectivity index (χ1) is 14.4. The van der Waals surface area contributed by atoms with Gasteiger partial charge in [0.15, 0.2) is 0 Å². The minimum atomic E-state index is -3.47. The van der Waals surface area contributed by atoms with E-state index in [0.29, 0.717) is 25.2 Å². The molecule has 1 aliphatic heterocycles. The van der Waals surface area contributed by atoms with Crippen LogP contribution in [0, 0.1) is 0 Å². The van der Waals surface area contributed by atoms with Crippen molar-refractivity contribution >= 4 is 27.6 Å². The molecule has 0 saturated carbocycles. The second kappa shape index (κ2) is 10.4. The molecule has 1 heterocycles. The number of rotatable bonds is 9. The number of nitrogens with one attached hydrogen (secondary N) is 1. The maximum Gasteiger partial charge on any atom is 0.306 e. The molecule has 160 valence electrons. The van der Waals surface area contributed by atoms with Crippen LogP contribution in [0.15, 0.2) is 59.5 Å². The molecule has 2 aromatic rings. The van der Waals surface area contributed by atoms with E-state index in [1.807, 2.05) is 30.3 Å². The average molecular weight is 431 g/mol. The van der Waals surface area contributed by atoms with Crippen LogP contribution < -0.4 is 5.32 Å². The molecule has 0 atom stereocenters. The Morgan fingerprint density at radius 2 is 1.60 bits per heavy atom. The van der Waals surface area contributed by atoms with Crippen molar-refractivity contribution < 1.29 is 22.7 Å². The van der Waals surface area contributed by atoms with Crippen molar-refractivity contribution in [2.45, 2.75) is 37.0 Å². The first-order valence-corrected chi connectivity index (χ1v) is 11.5. The number of hydrogen-bond acceptors (Lipinski definition) is 5. The largest absolute Gasteiger partial charge is 0.465 e. The minimum absolute atomic E-state index is 0.00199. The molecule has 2 aromatic carbocycles. The fraction of sp³-hybridized carbons (Fsp3) is 0.364. The van der Waals surface area contributed by atoms with Gasteiger partial charge < -0.3 is 10.1 Å². The van der Waals surface area contributed by atoms with Crippen LogP contribution in [0.4, 0.5) is 5.69 Å². The Labute approximate surface area is 177 Å². The van der Waals surface area contributed by atoms with Crippen LogP contribution in [0.3, 0.4) is 0 Å². The standard InChI is InChI=1S/C22H26N2O5S/c25-21(12-13-22(26)29-17-14-18-6-2-1-3-7-18)23-19-8-10-20(11-9-19)30(27,28)24-15-4-5-16-24/h1-3,6-11H,4-5,12-17H2,(H,23,25). The molecule has 1 amide bonds. The van der Waals surface area contributed by atoms with Crippen molar-refractivity contribution in [2.24, 2.45) is 0 Å². The van der Waals surface area contributed by atoms with Gasteiger partial charge in [0.25, 0.3) is 0 Å². The van der Waals surface area contributed by atoms with Crippen molar-refractivity contribution in [1.29, 1.82) is 0 Å². The van der Waals surface area contributed by atoms with Crippen LogP contribution in [0.25, 0.3) is 0 Å². The third-order valence-electron chi connectivity index (χ3n) is 4.89. The quantitative estimate of drug-likeness (QED) is 0.618. The molecule has 0 spiro atoms. The summed E-state index contributed by atoms with van der Waals surface area (Å²) in [5, 5.41) is 2.67. The van der Waals surface area contributed by atoms with Gasteiger partial charge in [-0.2, -0.15) is 4.31 Å². The van der Waals surface area contributed by atoms with Crippen LogP contribution >= 0.6 is 0 Å². The third-order valence-corrected chi connectivity index (χ3v) is 6.81. The van der Waals surface area contributed by atoms with Crippen molar-refractivity contribution in [3.8, 4) is 0 Å². The van der Waals surface area contributed by atoms with Crippen LogP contribution in [0.2, 0.25) is 0 Å². The van der Waals surface area contributed by atoms with Gasteiger partial charge in [-0.05, 0) is 42.7 Å². The highest BCUT2D eigenvalue weighted by molar-refractivity contribution is 7.89. The number of amides is 1. The van der Waals surface area contributed by atoms with Crippen molar-refractivity contribution in [3.63, 3.8) is 0 Å². The summed E-state index contributed by atoms with van der Waals surface area (Å²) in [5.74, 6) is -0.752. The monoisotopic (exact) mass is 430 g/mol. The second-order valence-corrected chi connectivity index (χ2v) is 9.08. The van der Waals surface area contributed by atoms with Gasteiger partial charge in [0.05, 0.1) is 17.9 Å².